The lowest BCUT2D eigenvalue weighted by Crippen LogP contribution is -2.16. The first kappa shape index (κ1) is 17.9. The van der Waals surface area contributed by atoms with Crippen LogP contribution in [0.4, 0.5) is 10.2 Å². The Balaban J connectivity index is 1.89. The number of aromatic nitrogens is 4. The zero-order valence-corrected chi connectivity index (χ0v) is 15.7. The zero-order valence-electron chi connectivity index (χ0n) is 15.7. The molecule has 0 spiro atoms. The second-order valence-electron chi connectivity index (χ2n) is 6.56. The summed E-state index contributed by atoms with van der Waals surface area (Å²) < 4.78 is 17.8. The molecule has 4 rings (SSSR count). The number of nitrogens with zero attached hydrogens (tertiary/aromatic N) is 4. The lowest BCUT2D eigenvalue weighted by molar-refractivity contribution is -0.115. The number of hydrogen-bond donors (Lipinski definition) is 1. The Bertz CT molecular complexity index is 1160. The van der Waals surface area contributed by atoms with Crippen LogP contribution >= 0.6 is 0 Å². The van der Waals surface area contributed by atoms with E-state index < -0.39 is 0 Å². The molecule has 2 heterocycles. The van der Waals surface area contributed by atoms with Crippen molar-refractivity contribution in [2.24, 2.45) is 0 Å². The molecule has 2 aromatic heterocycles. The van der Waals surface area contributed by atoms with E-state index in [0.29, 0.717) is 30.3 Å². The average molecular weight is 377 g/mol. The number of hydrogen-bond acceptors (Lipinski definition) is 3. The lowest BCUT2D eigenvalue weighted by Gasteiger charge is -2.12. The smallest absolute Gasteiger partial charge is 0.234 e. The van der Waals surface area contributed by atoms with Crippen LogP contribution in [0.2, 0.25) is 0 Å². The molecule has 0 atom stereocenters. The maximum atomic E-state index is 14.3. The fraction of sp³-hybridized carbons (Fsp3) is 0.190. The third-order valence-corrected chi connectivity index (χ3v) is 4.53. The highest BCUT2D eigenvalue weighted by atomic mass is 19.1. The van der Waals surface area contributed by atoms with Gasteiger partial charge in [-0.15, -0.1) is 0 Å². The molecule has 0 radical (unpaired) electrons. The summed E-state index contributed by atoms with van der Waals surface area (Å²) in [6.45, 7) is 3.93. The van der Waals surface area contributed by atoms with Gasteiger partial charge in [0.05, 0.1) is 23.3 Å². The zero-order chi connectivity index (χ0) is 19.7. The maximum Gasteiger partial charge on any atom is 0.234 e. The van der Waals surface area contributed by atoms with Crippen molar-refractivity contribution in [2.45, 2.75) is 26.8 Å². The van der Waals surface area contributed by atoms with Crippen LogP contribution in [-0.4, -0.2) is 25.2 Å². The fourth-order valence-corrected chi connectivity index (χ4v) is 3.15. The van der Waals surface area contributed by atoms with Gasteiger partial charge in [-0.3, -0.25) is 4.79 Å². The van der Waals surface area contributed by atoms with Gasteiger partial charge < -0.3 is 9.88 Å². The van der Waals surface area contributed by atoms with Crippen molar-refractivity contribution >= 4 is 22.8 Å². The van der Waals surface area contributed by atoms with Gasteiger partial charge >= 0.3 is 0 Å². The lowest BCUT2D eigenvalue weighted by atomic mass is 10.2. The van der Waals surface area contributed by atoms with Crippen LogP contribution in [0, 0.1) is 12.7 Å². The van der Waals surface area contributed by atoms with Gasteiger partial charge in [0.2, 0.25) is 11.9 Å². The number of para-hydroxylation sites is 2. The van der Waals surface area contributed by atoms with Gasteiger partial charge in [-0.2, -0.15) is 9.78 Å². The molecule has 4 aromatic rings. The molecule has 0 saturated carbocycles. The van der Waals surface area contributed by atoms with E-state index in [4.69, 9.17) is 4.98 Å². The summed E-state index contributed by atoms with van der Waals surface area (Å²) in [5, 5.41) is 7.37. The molecule has 0 aliphatic carbocycles. The van der Waals surface area contributed by atoms with Crippen LogP contribution in [0.25, 0.3) is 17.0 Å². The normalized spacial score (nSPS) is 11.1. The Hall–Kier alpha value is -3.48. The van der Waals surface area contributed by atoms with Gasteiger partial charge in [0.25, 0.3) is 0 Å². The maximum absolute atomic E-state index is 14.3. The van der Waals surface area contributed by atoms with E-state index in [1.807, 2.05) is 41.8 Å². The highest BCUT2D eigenvalue weighted by Crippen LogP contribution is 2.24. The van der Waals surface area contributed by atoms with E-state index in [0.717, 1.165) is 16.7 Å². The SMILES string of the molecule is CCC(=O)Nc1cc(C)nn1-c1nc2ccccc2n1Cc1ccccc1F. The number of fused-ring (bicyclic) bond motifs is 1. The van der Waals surface area contributed by atoms with Gasteiger partial charge in [-0.1, -0.05) is 37.3 Å². The number of nitrogens with one attached hydrogen (secondary N) is 1. The first-order chi connectivity index (χ1) is 13.6. The number of aryl methyl sites for hydroxylation is 1. The molecule has 28 heavy (non-hydrogen) atoms. The summed E-state index contributed by atoms with van der Waals surface area (Å²) in [5.41, 5.74) is 2.93. The summed E-state index contributed by atoms with van der Waals surface area (Å²) in [5.74, 6) is 0.665. The van der Waals surface area contributed by atoms with Crippen molar-refractivity contribution in [3.8, 4) is 5.95 Å². The number of carbonyl (C=O) groups is 1. The Morgan fingerprint density at radius 3 is 2.68 bits per heavy atom. The molecule has 2 aromatic carbocycles. The summed E-state index contributed by atoms with van der Waals surface area (Å²) >= 11 is 0. The first-order valence-electron chi connectivity index (χ1n) is 9.12. The van der Waals surface area contributed by atoms with Crippen LogP contribution in [0.3, 0.4) is 0 Å². The van der Waals surface area contributed by atoms with Crippen molar-refractivity contribution in [3.05, 3.63) is 71.7 Å². The first-order valence-corrected chi connectivity index (χ1v) is 9.12. The molecule has 7 heteroatoms. The summed E-state index contributed by atoms with van der Waals surface area (Å²) in [4.78, 5) is 16.6. The van der Waals surface area contributed by atoms with Crippen molar-refractivity contribution in [1.82, 2.24) is 19.3 Å². The highest BCUT2D eigenvalue weighted by molar-refractivity contribution is 5.90. The minimum absolute atomic E-state index is 0.113. The Kier molecular flexibility index (Phi) is 4.65. The van der Waals surface area contributed by atoms with E-state index in [1.165, 1.54) is 6.07 Å². The Morgan fingerprint density at radius 1 is 1.14 bits per heavy atom. The quantitative estimate of drug-likeness (QED) is 0.570. The van der Waals surface area contributed by atoms with Gasteiger partial charge in [0.1, 0.15) is 11.6 Å². The molecule has 1 amide bonds. The molecular formula is C21H20FN5O. The third kappa shape index (κ3) is 3.26. The van der Waals surface area contributed by atoms with Crippen molar-refractivity contribution in [2.75, 3.05) is 5.32 Å². The number of amides is 1. The number of imidazole rings is 1. The van der Waals surface area contributed by atoms with Crippen LogP contribution in [0.5, 0.6) is 0 Å². The van der Waals surface area contributed by atoms with Crippen LogP contribution < -0.4 is 5.32 Å². The van der Waals surface area contributed by atoms with Gasteiger partial charge in [0, 0.05) is 18.1 Å². The monoisotopic (exact) mass is 377 g/mol. The molecule has 0 saturated heterocycles. The van der Waals surface area contributed by atoms with E-state index >= 15 is 0 Å². The molecule has 1 N–H and O–H groups in total. The molecule has 142 valence electrons. The Morgan fingerprint density at radius 2 is 1.89 bits per heavy atom. The van der Waals surface area contributed by atoms with E-state index in [-0.39, 0.29) is 11.7 Å². The molecule has 0 aliphatic rings. The standard InChI is InChI=1S/C21H20FN5O/c1-3-20(28)24-19-12-14(2)25-27(19)21-23-17-10-6-7-11-18(17)26(21)13-15-8-4-5-9-16(15)22/h4-12H,3,13H2,1-2H3,(H,24,28). The Labute approximate surface area is 161 Å². The number of carbonyl (C=O) groups excluding carboxylic acids is 1. The molecule has 0 fully saturated rings. The van der Waals surface area contributed by atoms with Crippen molar-refractivity contribution in [3.63, 3.8) is 0 Å². The molecular weight excluding hydrogens is 357 g/mol. The number of halogens is 1. The summed E-state index contributed by atoms with van der Waals surface area (Å²) in [6.07, 6.45) is 0.357. The minimum atomic E-state index is -0.276. The van der Waals surface area contributed by atoms with Crippen LogP contribution in [0.1, 0.15) is 24.6 Å². The number of rotatable bonds is 5. The van der Waals surface area contributed by atoms with Gasteiger partial charge in [-0.25, -0.2) is 9.37 Å². The van der Waals surface area contributed by atoms with Crippen molar-refractivity contribution < 1.29 is 9.18 Å². The average Bonchev–Trinajstić information content (AvgIpc) is 3.23. The summed E-state index contributed by atoms with van der Waals surface area (Å²) in [7, 11) is 0. The van der Waals surface area contributed by atoms with Gasteiger partial charge in [-0.05, 0) is 25.1 Å². The topological polar surface area (TPSA) is 64.7 Å². The third-order valence-electron chi connectivity index (χ3n) is 4.53. The molecule has 0 unspecified atom stereocenters. The molecule has 0 bridgehead atoms. The summed E-state index contributed by atoms with van der Waals surface area (Å²) in [6, 6.07) is 16.1. The van der Waals surface area contributed by atoms with E-state index in [1.54, 1.807) is 29.8 Å². The fourth-order valence-electron chi connectivity index (χ4n) is 3.15. The van der Waals surface area contributed by atoms with E-state index in [9.17, 15) is 9.18 Å². The number of anilines is 1. The molecule has 0 aliphatic heterocycles. The second kappa shape index (κ2) is 7.26. The highest BCUT2D eigenvalue weighted by Gasteiger charge is 2.18. The molecule has 6 nitrogen and oxygen atoms in total. The number of benzene rings is 2. The van der Waals surface area contributed by atoms with Crippen LogP contribution in [-0.2, 0) is 11.3 Å². The predicted octanol–water partition coefficient (Wildman–Crippen LogP) is 4.07. The van der Waals surface area contributed by atoms with Crippen LogP contribution in [0.15, 0.2) is 54.6 Å². The minimum Gasteiger partial charge on any atom is -0.310 e. The van der Waals surface area contributed by atoms with E-state index in [2.05, 4.69) is 10.4 Å². The largest absolute Gasteiger partial charge is 0.310 e. The van der Waals surface area contributed by atoms with Crippen molar-refractivity contribution in [1.29, 1.82) is 0 Å². The second-order valence-corrected chi connectivity index (χ2v) is 6.56. The van der Waals surface area contributed by atoms with Gasteiger partial charge in [0.15, 0.2) is 0 Å². The predicted molar refractivity (Wildman–Crippen MR) is 106 cm³/mol.